The number of hydrogen-bond acceptors (Lipinski definition) is 0. The van der Waals surface area contributed by atoms with E-state index in [0.29, 0.717) is 0 Å². The third kappa shape index (κ3) is 3.01. The molecule has 1 aromatic rings. The molecule has 0 bridgehead atoms. The Morgan fingerprint density at radius 2 is 1.81 bits per heavy atom. The Morgan fingerprint density at radius 3 is 2.31 bits per heavy atom. The van der Waals surface area contributed by atoms with E-state index < -0.39 is 0 Å². The minimum Gasteiger partial charge on any atom is -0.127 e. The normalized spacial score (nSPS) is 11.8. The van der Waals surface area contributed by atoms with Crippen LogP contribution in [0.15, 0.2) is 18.2 Å². The van der Waals surface area contributed by atoms with Crippen molar-refractivity contribution in [2.75, 3.05) is 5.88 Å². The highest BCUT2D eigenvalue weighted by molar-refractivity contribution is 6.17. The molecule has 0 radical (unpaired) electrons. The zero-order chi connectivity index (χ0) is 12.2. The van der Waals surface area contributed by atoms with Crippen molar-refractivity contribution >= 4 is 11.6 Å². The van der Waals surface area contributed by atoms with Crippen LogP contribution in [0.25, 0.3) is 0 Å². The molecule has 0 saturated carbocycles. The van der Waals surface area contributed by atoms with Crippen molar-refractivity contribution in [1.29, 1.82) is 0 Å². The molecule has 0 aliphatic carbocycles. The van der Waals surface area contributed by atoms with Gasteiger partial charge in [-0.15, -0.1) is 11.6 Å². The average Bonchev–Trinajstić information content (AvgIpc) is 2.28. The van der Waals surface area contributed by atoms with Crippen molar-refractivity contribution in [2.45, 2.75) is 52.4 Å². The monoisotopic (exact) mass is 238 g/mol. The van der Waals surface area contributed by atoms with Gasteiger partial charge in [0.05, 0.1) is 0 Å². The molecule has 0 aromatic heterocycles. The molecule has 0 saturated heterocycles. The van der Waals surface area contributed by atoms with E-state index in [1.165, 1.54) is 16.7 Å². The first-order valence-electron chi connectivity index (χ1n) is 6.23. The minimum atomic E-state index is 0.193. The van der Waals surface area contributed by atoms with E-state index in [2.05, 4.69) is 45.9 Å². The number of aryl methyl sites for hydroxylation is 2. The number of benzene rings is 1. The zero-order valence-corrected chi connectivity index (χ0v) is 11.7. The van der Waals surface area contributed by atoms with Gasteiger partial charge in [0.25, 0.3) is 0 Å². The SMILES string of the molecule is CCc1ccc(CC)c(C(C)(C)CCCl)c1. The summed E-state index contributed by atoms with van der Waals surface area (Å²) in [4.78, 5) is 0. The standard InChI is InChI=1S/C15H23Cl/c1-5-12-7-8-13(6-2)14(11-12)15(3,4)9-10-16/h7-8,11H,5-6,9-10H2,1-4H3. The van der Waals surface area contributed by atoms with Gasteiger partial charge in [0.1, 0.15) is 0 Å². The summed E-state index contributed by atoms with van der Waals surface area (Å²) in [6, 6.07) is 6.90. The van der Waals surface area contributed by atoms with Gasteiger partial charge in [-0.3, -0.25) is 0 Å². The zero-order valence-electron chi connectivity index (χ0n) is 10.9. The molecule has 0 aliphatic rings. The van der Waals surface area contributed by atoms with E-state index in [-0.39, 0.29) is 5.41 Å². The number of halogens is 1. The number of alkyl halides is 1. The predicted octanol–water partition coefficient (Wildman–Crippen LogP) is 4.72. The summed E-state index contributed by atoms with van der Waals surface area (Å²) in [5.41, 5.74) is 4.57. The number of hydrogen-bond donors (Lipinski definition) is 0. The summed E-state index contributed by atoms with van der Waals surface area (Å²) in [5.74, 6) is 0.729. The van der Waals surface area contributed by atoms with Crippen LogP contribution in [0.5, 0.6) is 0 Å². The Labute approximate surface area is 105 Å². The maximum atomic E-state index is 5.91. The molecule has 0 nitrogen and oxygen atoms in total. The maximum absolute atomic E-state index is 5.91. The van der Waals surface area contributed by atoms with Gasteiger partial charge >= 0.3 is 0 Å². The third-order valence-electron chi connectivity index (χ3n) is 3.41. The molecule has 0 atom stereocenters. The van der Waals surface area contributed by atoms with E-state index >= 15 is 0 Å². The molecule has 1 rings (SSSR count). The topological polar surface area (TPSA) is 0 Å². The van der Waals surface area contributed by atoms with E-state index in [4.69, 9.17) is 11.6 Å². The molecule has 0 heterocycles. The van der Waals surface area contributed by atoms with Crippen molar-refractivity contribution < 1.29 is 0 Å². The largest absolute Gasteiger partial charge is 0.127 e. The van der Waals surface area contributed by atoms with Crippen molar-refractivity contribution in [3.05, 3.63) is 34.9 Å². The lowest BCUT2D eigenvalue weighted by Gasteiger charge is -2.27. The van der Waals surface area contributed by atoms with Crippen LogP contribution in [0.4, 0.5) is 0 Å². The maximum Gasteiger partial charge on any atom is 0.0231 e. The lowest BCUT2D eigenvalue weighted by atomic mass is 9.78. The van der Waals surface area contributed by atoms with Crippen LogP contribution in [0.2, 0.25) is 0 Å². The van der Waals surface area contributed by atoms with Crippen LogP contribution < -0.4 is 0 Å². The average molecular weight is 239 g/mol. The van der Waals surface area contributed by atoms with Gasteiger partial charge in [-0.05, 0) is 41.4 Å². The molecule has 0 amide bonds. The summed E-state index contributed by atoms with van der Waals surface area (Å²) in [5, 5.41) is 0. The summed E-state index contributed by atoms with van der Waals surface area (Å²) < 4.78 is 0. The fraction of sp³-hybridized carbons (Fsp3) is 0.600. The number of rotatable bonds is 5. The second-order valence-electron chi connectivity index (χ2n) is 5.02. The third-order valence-corrected chi connectivity index (χ3v) is 3.60. The van der Waals surface area contributed by atoms with Gasteiger partial charge in [0.15, 0.2) is 0 Å². The highest BCUT2D eigenvalue weighted by Crippen LogP contribution is 2.31. The van der Waals surface area contributed by atoms with Crippen molar-refractivity contribution in [2.24, 2.45) is 0 Å². The molecule has 0 aliphatic heterocycles. The second-order valence-corrected chi connectivity index (χ2v) is 5.40. The molecule has 1 aromatic carbocycles. The van der Waals surface area contributed by atoms with Gasteiger partial charge < -0.3 is 0 Å². The molecule has 1 heteroatoms. The van der Waals surface area contributed by atoms with Crippen LogP contribution in [-0.4, -0.2) is 5.88 Å². The van der Waals surface area contributed by atoms with Crippen molar-refractivity contribution in [3.63, 3.8) is 0 Å². The summed E-state index contributed by atoms with van der Waals surface area (Å²) in [6.07, 6.45) is 3.24. The van der Waals surface area contributed by atoms with Gasteiger partial charge in [-0.2, -0.15) is 0 Å². The summed E-state index contributed by atoms with van der Waals surface area (Å²) in [6.45, 7) is 9.02. The van der Waals surface area contributed by atoms with Crippen LogP contribution in [-0.2, 0) is 18.3 Å². The van der Waals surface area contributed by atoms with Gasteiger partial charge in [0, 0.05) is 5.88 Å². The Balaban J connectivity index is 3.17. The van der Waals surface area contributed by atoms with E-state index in [1.54, 1.807) is 0 Å². The van der Waals surface area contributed by atoms with Gasteiger partial charge in [0.2, 0.25) is 0 Å². The Morgan fingerprint density at radius 1 is 1.12 bits per heavy atom. The first-order chi connectivity index (χ1) is 7.55. The molecule has 0 spiro atoms. The lowest BCUT2D eigenvalue weighted by molar-refractivity contribution is 0.504. The molecule has 0 fully saturated rings. The Kier molecular flexibility index (Phi) is 4.86. The minimum absolute atomic E-state index is 0.193. The Bertz CT molecular complexity index is 339. The van der Waals surface area contributed by atoms with Crippen molar-refractivity contribution in [1.82, 2.24) is 0 Å². The van der Waals surface area contributed by atoms with Crippen molar-refractivity contribution in [3.8, 4) is 0 Å². The highest BCUT2D eigenvalue weighted by atomic mass is 35.5. The summed E-state index contributed by atoms with van der Waals surface area (Å²) in [7, 11) is 0. The van der Waals surface area contributed by atoms with E-state index in [9.17, 15) is 0 Å². The van der Waals surface area contributed by atoms with Crippen LogP contribution >= 0.6 is 11.6 Å². The fourth-order valence-electron chi connectivity index (χ4n) is 2.15. The quantitative estimate of drug-likeness (QED) is 0.652. The molecule has 0 unspecified atom stereocenters. The highest BCUT2D eigenvalue weighted by Gasteiger charge is 2.22. The second kappa shape index (κ2) is 5.72. The lowest BCUT2D eigenvalue weighted by Crippen LogP contribution is -2.20. The molecule has 0 N–H and O–H groups in total. The Hall–Kier alpha value is -0.490. The van der Waals surface area contributed by atoms with Crippen LogP contribution in [0, 0.1) is 0 Å². The fourth-order valence-corrected chi connectivity index (χ4v) is 2.63. The van der Waals surface area contributed by atoms with Gasteiger partial charge in [-0.25, -0.2) is 0 Å². The predicted molar refractivity (Wildman–Crippen MR) is 73.6 cm³/mol. The first kappa shape index (κ1) is 13.6. The molecule has 16 heavy (non-hydrogen) atoms. The van der Waals surface area contributed by atoms with E-state index in [0.717, 1.165) is 25.1 Å². The van der Waals surface area contributed by atoms with Gasteiger partial charge in [-0.1, -0.05) is 45.9 Å². The van der Waals surface area contributed by atoms with Crippen LogP contribution in [0.1, 0.15) is 50.8 Å². The first-order valence-corrected chi connectivity index (χ1v) is 6.76. The van der Waals surface area contributed by atoms with Crippen LogP contribution in [0.3, 0.4) is 0 Å². The molecular weight excluding hydrogens is 216 g/mol. The smallest absolute Gasteiger partial charge is 0.0231 e. The molecule has 90 valence electrons. The summed E-state index contributed by atoms with van der Waals surface area (Å²) >= 11 is 5.91. The van der Waals surface area contributed by atoms with E-state index in [1.807, 2.05) is 0 Å². The molecular formula is C15H23Cl.